The van der Waals surface area contributed by atoms with E-state index in [0.717, 1.165) is 22.1 Å². The van der Waals surface area contributed by atoms with Crippen LogP contribution in [-0.2, 0) is 0 Å². The molecule has 4 rings (SSSR count). The van der Waals surface area contributed by atoms with Gasteiger partial charge in [-0.3, -0.25) is 19.7 Å². The largest absolute Gasteiger partial charge is 0.356 e. The maximum atomic E-state index is 12.7. The Hall–Kier alpha value is -4.33. The first-order valence-electron chi connectivity index (χ1n) is 9.41. The number of amides is 2. The lowest BCUT2D eigenvalue weighted by Gasteiger charge is -2.14. The number of nitro groups is 1. The fourth-order valence-electron chi connectivity index (χ4n) is 3.25. The Balaban J connectivity index is 1.69. The van der Waals surface area contributed by atoms with Crippen LogP contribution in [0, 0.1) is 17.0 Å². The van der Waals surface area contributed by atoms with Crippen molar-refractivity contribution in [2.45, 2.75) is 13.8 Å². The summed E-state index contributed by atoms with van der Waals surface area (Å²) >= 11 is 0. The van der Waals surface area contributed by atoms with E-state index in [1.807, 2.05) is 31.2 Å². The van der Waals surface area contributed by atoms with Gasteiger partial charge in [0.05, 0.1) is 33.5 Å². The van der Waals surface area contributed by atoms with E-state index in [-0.39, 0.29) is 28.3 Å². The lowest BCUT2D eigenvalue weighted by molar-refractivity contribution is -0.384. The minimum Gasteiger partial charge on any atom is -0.356 e. The van der Waals surface area contributed by atoms with Crippen molar-refractivity contribution < 1.29 is 19.3 Å². The van der Waals surface area contributed by atoms with E-state index in [2.05, 4.69) is 5.16 Å². The van der Waals surface area contributed by atoms with Crippen LogP contribution in [0.5, 0.6) is 5.75 Å². The zero-order valence-corrected chi connectivity index (χ0v) is 16.7. The van der Waals surface area contributed by atoms with Crippen LogP contribution in [-0.4, -0.2) is 22.4 Å². The number of nitrogens with zero attached hydrogens (tertiary/aromatic N) is 3. The van der Waals surface area contributed by atoms with Gasteiger partial charge in [0.15, 0.2) is 5.75 Å². The van der Waals surface area contributed by atoms with Crippen LogP contribution in [0.3, 0.4) is 0 Å². The van der Waals surface area contributed by atoms with Gasteiger partial charge in [-0.05, 0) is 31.5 Å². The van der Waals surface area contributed by atoms with Gasteiger partial charge in [-0.1, -0.05) is 47.1 Å². The zero-order valence-electron chi connectivity index (χ0n) is 16.7. The molecule has 2 amide bonds. The summed E-state index contributed by atoms with van der Waals surface area (Å²) in [4.78, 5) is 42.6. The standard InChI is InChI=1S/C23H17N3O5/c1-14-7-9-16(10-8-14)15(2)24-31-19-12-17(11-18(13-19)26(29)30)25-22(27)20-5-3-4-6-21(20)23(25)28/h3-13H,1-2H3. The van der Waals surface area contributed by atoms with Crippen molar-refractivity contribution in [2.24, 2.45) is 5.16 Å². The summed E-state index contributed by atoms with van der Waals surface area (Å²) in [6, 6.07) is 17.7. The summed E-state index contributed by atoms with van der Waals surface area (Å²) < 4.78 is 0. The number of hydrogen-bond donors (Lipinski definition) is 0. The van der Waals surface area contributed by atoms with Crippen LogP contribution in [0.2, 0.25) is 0 Å². The Labute approximate surface area is 177 Å². The number of imide groups is 1. The molecular weight excluding hydrogens is 398 g/mol. The van der Waals surface area contributed by atoms with Gasteiger partial charge in [-0.2, -0.15) is 0 Å². The number of carbonyl (C=O) groups excluding carboxylic acids is 2. The van der Waals surface area contributed by atoms with Gasteiger partial charge in [0, 0.05) is 12.1 Å². The number of carbonyl (C=O) groups is 2. The molecular formula is C23H17N3O5. The molecule has 0 N–H and O–H groups in total. The third kappa shape index (κ3) is 3.78. The number of hydrogen-bond acceptors (Lipinski definition) is 6. The molecule has 0 saturated heterocycles. The highest BCUT2D eigenvalue weighted by Gasteiger charge is 2.37. The van der Waals surface area contributed by atoms with Crippen LogP contribution in [0.1, 0.15) is 38.8 Å². The Kier molecular flexibility index (Phi) is 5.04. The molecule has 0 radical (unpaired) electrons. The van der Waals surface area contributed by atoms with E-state index in [9.17, 15) is 19.7 Å². The predicted octanol–water partition coefficient (Wildman–Crippen LogP) is 4.51. The molecule has 0 unspecified atom stereocenters. The van der Waals surface area contributed by atoms with Crippen molar-refractivity contribution in [3.63, 3.8) is 0 Å². The van der Waals surface area contributed by atoms with Crippen molar-refractivity contribution in [3.8, 4) is 5.75 Å². The molecule has 1 aliphatic rings. The first kappa shape index (κ1) is 20.0. The number of anilines is 1. The number of nitro benzene ring substituents is 1. The number of aryl methyl sites for hydroxylation is 1. The van der Waals surface area contributed by atoms with E-state index in [1.54, 1.807) is 31.2 Å². The van der Waals surface area contributed by atoms with Crippen LogP contribution < -0.4 is 9.74 Å². The van der Waals surface area contributed by atoms with E-state index >= 15 is 0 Å². The van der Waals surface area contributed by atoms with E-state index in [1.165, 1.54) is 12.1 Å². The second-order valence-electron chi connectivity index (χ2n) is 7.07. The molecule has 1 heterocycles. The second-order valence-corrected chi connectivity index (χ2v) is 7.07. The topological polar surface area (TPSA) is 102 Å². The summed E-state index contributed by atoms with van der Waals surface area (Å²) in [5, 5.41) is 15.5. The highest BCUT2D eigenvalue weighted by Crippen LogP contribution is 2.34. The molecule has 8 heteroatoms. The van der Waals surface area contributed by atoms with E-state index < -0.39 is 16.7 Å². The van der Waals surface area contributed by atoms with Gasteiger partial charge in [0.25, 0.3) is 17.5 Å². The lowest BCUT2D eigenvalue weighted by Crippen LogP contribution is -2.29. The van der Waals surface area contributed by atoms with Crippen LogP contribution >= 0.6 is 0 Å². The summed E-state index contributed by atoms with van der Waals surface area (Å²) in [6.07, 6.45) is 0. The Morgan fingerprint density at radius 2 is 1.58 bits per heavy atom. The van der Waals surface area contributed by atoms with Crippen LogP contribution in [0.4, 0.5) is 11.4 Å². The number of benzene rings is 3. The fourth-order valence-corrected chi connectivity index (χ4v) is 3.25. The Morgan fingerprint density at radius 3 is 2.16 bits per heavy atom. The molecule has 8 nitrogen and oxygen atoms in total. The van der Waals surface area contributed by atoms with Crippen molar-refractivity contribution >= 4 is 28.9 Å². The summed E-state index contributed by atoms with van der Waals surface area (Å²) in [5.74, 6) is -1.06. The van der Waals surface area contributed by atoms with Crippen molar-refractivity contribution in [1.82, 2.24) is 0 Å². The van der Waals surface area contributed by atoms with Crippen LogP contribution in [0.15, 0.2) is 71.9 Å². The van der Waals surface area contributed by atoms with Gasteiger partial charge < -0.3 is 4.84 Å². The zero-order chi connectivity index (χ0) is 22.1. The molecule has 0 bridgehead atoms. The van der Waals surface area contributed by atoms with Crippen LogP contribution in [0.25, 0.3) is 0 Å². The van der Waals surface area contributed by atoms with Crippen molar-refractivity contribution in [1.29, 1.82) is 0 Å². The quantitative estimate of drug-likeness (QED) is 0.264. The van der Waals surface area contributed by atoms with Gasteiger partial charge in [-0.25, -0.2) is 4.90 Å². The van der Waals surface area contributed by atoms with Gasteiger partial charge in [0.2, 0.25) is 0 Å². The monoisotopic (exact) mass is 415 g/mol. The lowest BCUT2D eigenvalue weighted by atomic mass is 10.1. The summed E-state index contributed by atoms with van der Waals surface area (Å²) in [5.41, 5.74) is 2.70. The summed E-state index contributed by atoms with van der Waals surface area (Å²) in [6.45, 7) is 3.71. The minimum atomic E-state index is -0.620. The fraction of sp³-hybridized carbons (Fsp3) is 0.0870. The number of rotatable bonds is 5. The SMILES string of the molecule is CC(=NOc1cc(N2C(=O)c3ccccc3C2=O)cc([N+](=O)[O-])c1)c1ccc(C)cc1. The average Bonchev–Trinajstić information content (AvgIpc) is 3.02. The molecule has 0 fully saturated rings. The van der Waals surface area contributed by atoms with Gasteiger partial charge in [0.1, 0.15) is 0 Å². The first-order valence-corrected chi connectivity index (χ1v) is 9.41. The first-order chi connectivity index (χ1) is 14.8. The summed E-state index contributed by atoms with van der Waals surface area (Å²) in [7, 11) is 0. The maximum Gasteiger partial charge on any atom is 0.275 e. The maximum absolute atomic E-state index is 12.7. The Bertz CT molecular complexity index is 1210. The highest BCUT2D eigenvalue weighted by atomic mass is 16.6. The van der Waals surface area contributed by atoms with Gasteiger partial charge in [-0.15, -0.1) is 0 Å². The highest BCUT2D eigenvalue weighted by molar-refractivity contribution is 6.34. The predicted molar refractivity (Wildman–Crippen MR) is 115 cm³/mol. The molecule has 0 aliphatic carbocycles. The molecule has 1 aliphatic heterocycles. The molecule has 31 heavy (non-hydrogen) atoms. The third-order valence-electron chi connectivity index (χ3n) is 4.90. The second kappa shape index (κ2) is 7.83. The molecule has 0 aromatic heterocycles. The molecule has 0 spiro atoms. The van der Waals surface area contributed by atoms with E-state index in [4.69, 9.17) is 4.84 Å². The minimum absolute atomic E-state index is 0.0345. The molecule has 154 valence electrons. The smallest absolute Gasteiger partial charge is 0.275 e. The molecule has 3 aromatic rings. The normalized spacial score (nSPS) is 13.4. The van der Waals surface area contributed by atoms with Crippen molar-refractivity contribution in [3.05, 3.63) is 99.1 Å². The molecule has 0 atom stereocenters. The van der Waals surface area contributed by atoms with Gasteiger partial charge >= 0.3 is 0 Å². The molecule has 3 aromatic carbocycles. The van der Waals surface area contributed by atoms with Crippen molar-refractivity contribution in [2.75, 3.05) is 4.90 Å². The number of oxime groups is 1. The van der Waals surface area contributed by atoms with E-state index in [0.29, 0.717) is 5.71 Å². The molecule has 0 saturated carbocycles. The number of non-ortho nitro benzene ring substituents is 1. The Morgan fingerprint density at radius 1 is 0.968 bits per heavy atom. The third-order valence-corrected chi connectivity index (χ3v) is 4.90. The number of fused-ring (bicyclic) bond motifs is 1. The average molecular weight is 415 g/mol.